The van der Waals surface area contributed by atoms with Crippen LogP contribution in [0, 0.1) is 0 Å². The normalized spacial score (nSPS) is 11.8. The second-order valence-electron chi connectivity index (χ2n) is 7.23. The van der Waals surface area contributed by atoms with Gasteiger partial charge in [0.15, 0.2) is 11.5 Å². The molecular weight excluding hydrogens is 390 g/mol. The summed E-state index contributed by atoms with van der Waals surface area (Å²) in [5.74, 6) is 1.69. The fraction of sp³-hybridized carbons (Fsp3) is 0.200. The van der Waals surface area contributed by atoms with Gasteiger partial charge < -0.3 is 19.4 Å². The van der Waals surface area contributed by atoms with Crippen molar-refractivity contribution in [2.24, 2.45) is 0 Å². The monoisotopic (exact) mass is 415 g/mol. The van der Waals surface area contributed by atoms with Crippen molar-refractivity contribution in [2.75, 3.05) is 14.2 Å². The Bertz CT molecular complexity index is 1200. The lowest BCUT2D eigenvalue weighted by molar-refractivity contribution is 0.0949. The minimum Gasteiger partial charge on any atom is -0.493 e. The fourth-order valence-electron chi connectivity index (χ4n) is 3.77. The van der Waals surface area contributed by atoms with Crippen LogP contribution in [0.15, 0.2) is 72.8 Å². The van der Waals surface area contributed by atoms with Crippen molar-refractivity contribution in [3.8, 4) is 11.5 Å². The highest BCUT2D eigenvalue weighted by atomic mass is 16.5. The van der Waals surface area contributed by atoms with Crippen LogP contribution in [0.2, 0.25) is 0 Å². The Kier molecular flexibility index (Phi) is 5.89. The molecule has 1 unspecified atom stereocenters. The molecule has 1 heterocycles. The van der Waals surface area contributed by atoms with E-state index in [4.69, 9.17) is 14.5 Å². The second kappa shape index (κ2) is 8.92. The van der Waals surface area contributed by atoms with E-state index in [9.17, 15) is 4.79 Å². The van der Waals surface area contributed by atoms with Crippen LogP contribution in [-0.4, -0.2) is 29.7 Å². The number of aromatic nitrogens is 2. The molecule has 0 bridgehead atoms. The van der Waals surface area contributed by atoms with Gasteiger partial charge in [0.1, 0.15) is 5.82 Å². The van der Waals surface area contributed by atoms with E-state index in [1.54, 1.807) is 32.4 Å². The first kappa shape index (κ1) is 20.5. The van der Waals surface area contributed by atoms with Gasteiger partial charge in [-0.1, -0.05) is 42.5 Å². The summed E-state index contributed by atoms with van der Waals surface area (Å²) in [4.78, 5) is 17.6. The first-order valence-corrected chi connectivity index (χ1v) is 10.1. The SMILES string of the molecule is COc1ccc(C(=O)NCc2nc3ccccc3n2C(C)c2ccccc2)cc1OC. The number of hydrogen-bond donors (Lipinski definition) is 1. The molecule has 0 fully saturated rings. The summed E-state index contributed by atoms with van der Waals surface area (Å²) in [6.07, 6.45) is 0. The molecule has 1 atom stereocenters. The number of fused-ring (bicyclic) bond motifs is 1. The maximum Gasteiger partial charge on any atom is 0.251 e. The molecule has 4 aromatic rings. The molecule has 0 saturated carbocycles. The lowest BCUT2D eigenvalue weighted by atomic mass is 10.1. The molecular formula is C25H25N3O3. The number of benzene rings is 3. The molecule has 1 aromatic heterocycles. The standard InChI is InChI=1S/C25H25N3O3/c1-17(18-9-5-4-6-10-18)28-21-12-8-7-11-20(21)27-24(28)16-26-25(29)19-13-14-22(30-2)23(15-19)31-3/h4-15,17H,16H2,1-3H3,(H,26,29). The topological polar surface area (TPSA) is 65.4 Å². The van der Waals surface area contributed by atoms with Crippen molar-refractivity contribution in [3.05, 3.63) is 89.7 Å². The highest BCUT2D eigenvalue weighted by Crippen LogP contribution is 2.28. The summed E-state index contributed by atoms with van der Waals surface area (Å²) in [5, 5.41) is 2.99. The van der Waals surface area contributed by atoms with E-state index >= 15 is 0 Å². The summed E-state index contributed by atoms with van der Waals surface area (Å²) in [6.45, 7) is 2.45. The van der Waals surface area contributed by atoms with Gasteiger partial charge in [-0.3, -0.25) is 4.79 Å². The number of ether oxygens (including phenoxy) is 2. The number of carbonyl (C=O) groups is 1. The van der Waals surface area contributed by atoms with Gasteiger partial charge in [-0.05, 0) is 42.8 Å². The molecule has 3 aromatic carbocycles. The summed E-state index contributed by atoms with van der Waals surface area (Å²) < 4.78 is 12.7. The van der Waals surface area contributed by atoms with Crippen molar-refractivity contribution in [1.29, 1.82) is 0 Å². The van der Waals surface area contributed by atoms with Gasteiger partial charge >= 0.3 is 0 Å². The predicted molar refractivity (Wildman–Crippen MR) is 121 cm³/mol. The zero-order valence-corrected chi connectivity index (χ0v) is 17.8. The molecule has 1 amide bonds. The van der Waals surface area contributed by atoms with Crippen LogP contribution >= 0.6 is 0 Å². The van der Waals surface area contributed by atoms with Crippen LogP contribution in [0.4, 0.5) is 0 Å². The summed E-state index contributed by atoms with van der Waals surface area (Å²) >= 11 is 0. The third-order valence-electron chi connectivity index (χ3n) is 5.39. The van der Waals surface area contributed by atoms with Crippen LogP contribution < -0.4 is 14.8 Å². The average Bonchev–Trinajstić information content (AvgIpc) is 3.20. The largest absolute Gasteiger partial charge is 0.493 e. The lowest BCUT2D eigenvalue weighted by Crippen LogP contribution is -2.25. The molecule has 31 heavy (non-hydrogen) atoms. The first-order chi connectivity index (χ1) is 15.1. The minimum atomic E-state index is -0.202. The van der Waals surface area contributed by atoms with E-state index in [1.807, 2.05) is 36.4 Å². The minimum absolute atomic E-state index is 0.0709. The van der Waals surface area contributed by atoms with Gasteiger partial charge in [0.25, 0.3) is 5.91 Å². The number of para-hydroxylation sites is 2. The molecule has 0 spiro atoms. The Morgan fingerprint density at radius 3 is 2.42 bits per heavy atom. The maximum absolute atomic E-state index is 12.8. The zero-order chi connectivity index (χ0) is 21.8. The van der Waals surface area contributed by atoms with Gasteiger partial charge in [0.05, 0.1) is 37.8 Å². The summed E-state index contributed by atoms with van der Waals surface area (Å²) in [7, 11) is 3.11. The smallest absolute Gasteiger partial charge is 0.251 e. The maximum atomic E-state index is 12.8. The quantitative estimate of drug-likeness (QED) is 0.479. The highest BCUT2D eigenvalue weighted by Gasteiger charge is 2.18. The lowest BCUT2D eigenvalue weighted by Gasteiger charge is -2.18. The average molecular weight is 415 g/mol. The third-order valence-corrected chi connectivity index (χ3v) is 5.39. The molecule has 0 radical (unpaired) electrons. The highest BCUT2D eigenvalue weighted by molar-refractivity contribution is 5.94. The van der Waals surface area contributed by atoms with Crippen molar-refractivity contribution < 1.29 is 14.3 Å². The number of carbonyl (C=O) groups excluding carboxylic acids is 1. The number of methoxy groups -OCH3 is 2. The third kappa shape index (κ3) is 4.10. The Morgan fingerprint density at radius 2 is 1.68 bits per heavy atom. The van der Waals surface area contributed by atoms with E-state index in [-0.39, 0.29) is 11.9 Å². The van der Waals surface area contributed by atoms with Crippen LogP contribution in [0.1, 0.15) is 34.7 Å². The molecule has 6 heteroatoms. The van der Waals surface area contributed by atoms with Gasteiger partial charge in [-0.15, -0.1) is 0 Å². The molecule has 158 valence electrons. The molecule has 0 aliphatic carbocycles. The predicted octanol–water partition coefficient (Wildman–Crippen LogP) is 4.59. The van der Waals surface area contributed by atoms with E-state index in [0.717, 1.165) is 16.9 Å². The van der Waals surface area contributed by atoms with Crippen molar-refractivity contribution >= 4 is 16.9 Å². The molecule has 0 aliphatic rings. The molecule has 6 nitrogen and oxygen atoms in total. The molecule has 0 aliphatic heterocycles. The van der Waals surface area contributed by atoms with Gasteiger partial charge in [0, 0.05) is 5.56 Å². The summed E-state index contributed by atoms with van der Waals surface area (Å²) in [6, 6.07) is 23.5. The van der Waals surface area contributed by atoms with E-state index in [2.05, 4.69) is 35.0 Å². The van der Waals surface area contributed by atoms with Gasteiger partial charge in [-0.25, -0.2) is 4.98 Å². The molecule has 1 N–H and O–H groups in total. The zero-order valence-electron chi connectivity index (χ0n) is 17.8. The van der Waals surface area contributed by atoms with Crippen LogP contribution in [0.3, 0.4) is 0 Å². The van der Waals surface area contributed by atoms with Crippen LogP contribution in [0.5, 0.6) is 11.5 Å². The van der Waals surface area contributed by atoms with E-state index in [0.29, 0.717) is 23.6 Å². The molecule has 4 rings (SSSR count). The number of hydrogen-bond acceptors (Lipinski definition) is 4. The Morgan fingerprint density at radius 1 is 0.968 bits per heavy atom. The number of nitrogens with one attached hydrogen (secondary N) is 1. The van der Waals surface area contributed by atoms with Gasteiger partial charge in [-0.2, -0.15) is 0 Å². The van der Waals surface area contributed by atoms with Crippen molar-refractivity contribution in [3.63, 3.8) is 0 Å². The van der Waals surface area contributed by atoms with E-state index in [1.165, 1.54) is 5.56 Å². The second-order valence-corrected chi connectivity index (χ2v) is 7.23. The summed E-state index contributed by atoms with van der Waals surface area (Å²) in [5.41, 5.74) is 3.62. The number of nitrogens with zero attached hydrogens (tertiary/aromatic N) is 2. The van der Waals surface area contributed by atoms with Gasteiger partial charge in [0.2, 0.25) is 0 Å². The Hall–Kier alpha value is -3.80. The fourth-order valence-corrected chi connectivity index (χ4v) is 3.77. The van der Waals surface area contributed by atoms with Crippen molar-refractivity contribution in [2.45, 2.75) is 19.5 Å². The first-order valence-electron chi connectivity index (χ1n) is 10.1. The van der Waals surface area contributed by atoms with Crippen molar-refractivity contribution in [1.82, 2.24) is 14.9 Å². The van der Waals surface area contributed by atoms with Crippen LogP contribution in [0.25, 0.3) is 11.0 Å². The van der Waals surface area contributed by atoms with Crippen LogP contribution in [-0.2, 0) is 6.54 Å². The number of rotatable bonds is 7. The molecule has 0 saturated heterocycles. The Balaban J connectivity index is 1.62. The number of amides is 1. The Labute approximate surface area is 181 Å². The number of imidazole rings is 1. The van der Waals surface area contributed by atoms with E-state index < -0.39 is 0 Å².